The summed E-state index contributed by atoms with van der Waals surface area (Å²) in [4.78, 5) is 10.6. The second kappa shape index (κ2) is 5.50. The lowest BCUT2D eigenvalue weighted by Gasteiger charge is -2.53. The predicted octanol–water partition coefficient (Wildman–Crippen LogP) is -3.18. The summed E-state index contributed by atoms with van der Waals surface area (Å²) in [7, 11) is 0. The molecule has 0 aliphatic carbocycles. The Bertz CT molecular complexity index is 313. The van der Waals surface area contributed by atoms with E-state index in [1.165, 1.54) is 6.92 Å². The lowest BCUT2D eigenvalue weighted by Crippen LogP contribution is -2.83. The van der Waals surface area contributed by atoms with E-state index >= 15 is 0 Å². The van der Waals surface area contributed by atoms with Gasteiger partial charge >= 0.3 is 23.9 Å². The van der Waals surface area contributed by atoms with Crippen molar-refractivity contribution < 1.29 is 50.1 Å². The Morgan fingerprint density at radius 1 is 1.00 bits per heavy atom. The molecule has 0 amide bonds. The van der Waals surface area contributed by atoms with Gasteiger partial charge in [0.25, 0.3) is 0 Å². The zero-order chi connectivity index (χ0) is 16.6. The van der Waals surface area contributed by atoms with E-state index in [-0.39, 0.29) is 0 Å². The zero-order valence-electron chi connectivity index (χ0n) is 11.4. The Balaban J connectivity index is 5.86. The van der Waals surface area contributed by atoms with Crippen LogP contribution < -0.4 is 0 Å². The highest BCUT2D eigenvalue weighted by Gasteiger charge is 2.69. The molecule has 0 heterocycles. The maximum absolute atomic E-state index is 10.6. The predicted molar refractivity (Wildman–Crippen MR) is 61.6 cm³/mol. The second-order valence-electron chi connectivity index (χ2n) is 5.24. The molecule has 0 rings (SSSR count). The van der Waals surface area contributed by atoms with E-state index < -0.39 is 47.3 Å². The molecule has 10 nitrogen and oxygen atoms in total. The molecule has 0 saturated heterocycles. The molecule has 1 unspecified atom stereocenters. The first kappa shape index (κ1) is 19.1. The Labute approximate surface area is 115 Å². The number of carboxylic acids is 1. The second-order valence-corrected chi connectivity index (χ2v) is 5.24. The number of aliphatic carboxylic acids is 1. The van der Waals surface area contributed by atoms with Crippen LogP contribution in [0.2, 0.25) is 0 Å². The molecule has 120 valence electrons. The average Bonchev–Trinajstić information content (AvgIpc) is 2.06. The van der Waals surface area contributed by atoms with Gasteiger partial charge in [0.2, 0.25) is 0 Å². The normalized spacial score (nSPS) is 16.1. The fourth-order valence-electron chi connectivity index (χ4n) is 2.27. The molecule has 0 bridgehead atoms. The number of quaternary nitrogens is 1. The Morgan fingerprint density at radius 3 is 1.55 bits per heavy atom. The largest absolute Gasteiger partial charge is 0.481 e. The molecule has 0 aromatic carbocycles. The van der Waals surface area contributed by atoms with Crippen LogP contribution in [-0.4, -0.2) is 75.8 Å². The molecule has 0 aromatic rings. The molecule has 0 aliphatic rings. The van der Waals surface area contributed by atoms with Crippen molar-refractivity contribution in [2.24, 2.45) is 5.92 Å². The van der Waals surface area contributed by atoms with Gasteiger partial charge in [-0.2, -0.15) is 0 Å². The number of carbonyl (C=O) groups is 1. The molecule has 0 fully saturated rings. The van der Waals surface area contributed by atoms with Gasteiger partial charge in [-0.15, -0.1) is 4.48 Å². The van der Waals surface area contributed by atoms with Gasteiger partial charge in [0.05, 0.1) is 13.0 Å². The van der Waals surface area contributed by atoms with Crippen molar-refractivity contribution in [3.63, 3.8) is 0 Å². The molecular formula is C10H22NO9+. The van der Waals surface area contributed by atoms with E-state index in [2.05, 4.69) is 0 Å². The molecule has 0 radical (unpaired) electrons. The first-order chi connectivity index (χ1) is 8.56. The summed E-state index contributed by atoms with van der Waals surface area (Å²) < 4.78 is -2.22. The molecule has 8 N–H and O–H groups in total. The van der Waals surface area contributed by atoms with Gasteiger partial charge in [-0.3, -0.25) is 20.1 Å². The fourth-order valence-corrected chi connectivity index (χ4v) is 2.27. The third kappa shape index (κ3) is 3.62. The van der Waals surface area contributed by atoms with E-state index in [9.17, 15) is 40.5 Å². The smallest absolute Gasteiger partial charge is 0.450 e. The fraction of sp³-hybridized carbons (Fsp3) is 0.900. The summed E-state index contributed by atoms with van der Waals surface area (Å²) in [5.41, 5.74) is 0. The average molecular weight is 300 g/mol. The Kier molecular flexibility index (Phi) is 5.27. The Morgan fingerprint density at radius 2 is 1.35 bits per heavy atom. The van der Waals surface area contributed by atoms with Crippen LogP contribution in [0.5, 0.6) is 0 Å². The number of hydrogen-bond donors (Lipinski definition) is 8. The van der Waals surface area contributed by atoms with Gasteiger partial charge < -0.3 is 25.5 Å². The minimum atomic E-state index is -3.96. The van der Waals surface area contributed by atoms with Gasteiger partial charge in [-0.25, -0.2) is 0 Å². The highest BCUT2D eigenvalue weighted by atomic mass is 16.8. The van der Waals surface area contributed by atoms with Gasteiger partial charge in [0, 0.05) is 19.8 Å². The SMILES string of the molecule is CC(CC(=O)O)C[N+](C(C)(O)O)(C(C)(O)O)C(O)(O)O. The summed E-state index contributed by atoms with van der Waals surface area (Å²) >= 11 is 0. The molecule has 0 aromatic heterocycles. The molecule has 20 heavy (non-hydrogen) atoms. The minimum absolute atomic E-state index is 0.539. The maximum Gasteiger partial charge on any atom is 0.450 e. The number of rotatable bonds is 7. The zero-order valence-corrected chi connectivity index (χ0v) is 11.4. The van der Waals surface area contributed by atoms with E-state index in [0.717, 1.165) is 0 Å². The number of aliphatic hydroxyl groups is 7. The van der Waals surface area contributed by atoms with Crippen molar-refractivity contribution in [2.75, 3.05) is 6.54 Å². The van der Waals surface area contributed by atoms with Gasteiger partial charge in [0.1, 0.15) is 0 Å². The van der Waals surface area contributed by atoms with Crippen LogP contribution >= 0.6 is 0 Å². The van der Waals surface area contributed by atoms with Crippen molar-refractivity contribution in [2.45, 2.75) is 45.1 Å². The first-order valence-corrected chi connectivity index (χ1v) is 5.73. The minimum Gasteiger partial charge on any atom is -0.481 e. The summed E-state index contributed by atoms with van der Waals surface area (Å²) in [6, 6.07) is 0. The van der Waals surface area contributed by atoms with Crippen molar-refractivity contribution in [1.29, 1.82) is 0 Å². The third-order valence-electron chi connectivity index (χ3n) is 3.07. The number of hydrogen-bond acceptors (Lipinski definition) is 8. The van der Waals surface area contributed by atoms with Crippen LogP contribution in [0.3, 0.4) is 0 Å². The van der Waals surface area contributed by atoms with Crippen LogP contribution in [0.25, 0.3) is 0 Å². The van der Waals surface area contributed by atoms with Crippen molar-refractivity contribution in [1.82, 2.24) is 0 Å². The van der Waals surface area contributed by atoms with Crippen LogP contribution in [0.15, 0.2) is 0 Å². The van der Waals surface area contributed by atoms with Crippen LogP contribution in [0.4, 0.5) is 0 Å². The standard InChI is InChI=1S/C10H21NO9/c1-6(4-7(12)13)5-11(8(2,14)15,9(3,16)17)10(18,19)20/h6,14-20H,4-5H2,1-3H3/p+1. The van der Waals surface area contributed by atoms with Crippen LogP contribution in [-0.2, 0) is 4.79 Å². The summed E-state index contributed by atoms with van der Waals surface area (Å²) in [5.74, 6) is -8.65. The Hall–Kier alpha value is -0.850. The van der Waals surface area contributed by atoms with Gasteiger partial charge in [0.15, 0.2) is 0 Å². The lowest BCUT2D eigenvalue weighted by atomic mass is 10.0. The van der Waals surface area contributed by atoms with Gasteiger partial charge in [-0.1, -0.05) is 6.92 Å². The third-order valence-corrected chi connectivity index (χ3v) is 3.07. The molecule has 10 heteroatoms. The van der Waals surface area contributed by atoms with Crippen molar-refractivity contribution in [3.8, 4) is 0 Å². The molecule has 0 spiro atoms. The molecular weight excluding hydrogens is 278 g/mol. The van der Waals surface area contributed by atoms with Crippen LogP contribution in [0.1, 0.15) is 27.2 Å². The molecule has 1 atom stereocenters. The monoisotopic (exact) mass is 300 g/mol. The highest BCUT2D eigenvalue weighted by molar-refractivity contribution is 5.66. The highest BCUT2D eigenvalue weighted by Crippen LogP contribution is 2.38. The van der Waals surface area contributed by atoms with Crippen molar-refractivity contribution >= 4 is 5.97 Å². The topological polar surface area (TPSA) is 179 Å². The molecule has 0 aliphatic heterocycles. The summed E-state index contributed by atoms with van der Waals surface area (Å²) in [5, 5.41) is 75.4. The maximum atomic E-state index is 10.6. The summed E-state index contributed by atoms with van der Waals surface area (Å²) in [6.45, 7) is 1.58. The number of carboxylic acid groups (broad SMARTS) is 1. The van der Waals surface area contributed by atoms with E-state index in [4.69, 9.17) is 5.11 Å². The number of nitrogens with zero attached hydrogens (tertiary/aromatic N) is 1. The lowest BCUT2D eigenvalue weighted by molar-refractivity contribution is -1.18. The quantitative estimate of drug-likeness (QED) is 0.178. The van der Waals surface area contributed by atoms with E-state index in [1.807, 2.05) is 0 Å². The molecule has 0 saturated carbocycles. The van der Waals surface area contributed by atoms with E-state index in [1.54, 1.807) is 0 Å². The van der Waals surface area contributed by atoms with Crippen LogP contribution in [0, 0.1) is 5.92 Å². The summed E-state index contributed by atoms with van der Waals surface area (Å²) in [6.07, 6.45) is -4.49. The van der Waals surface area contributed by atoms with Gasteiger partial charge in [-0.05, 0) is 0 Å². The van der Waals surface area contributed by atoms with Crippen molar-refractivity contribution in [3.05, 3.63) is 0 Å². The first-order valence-electron chi connectivity index (χ1n) is 5.73. The van der Waals surface area contributed by atoms with E-state index in [0.29, 0.717) is 13.8 Å².